The van der Waals surface area contributed by atoms with Gasteiger partial charge in [0.25, 0.3) is 0 Å². The summed E-state index contributed by atoms with van der Waals surface area (Å²) in [7, 11) is 0. The van der Waals surface area contributed by atoms with Gasteiger partial charge in [0.1, 0.15) is 5.65 Å². The standard InChI is InChI=1S/C39H24N2/c1-3-12-30-28(10-1)29-11-2-4-13-31(29)33-15-8-16-34-35(23-27-9-7-14-32(30)38(27)39(33)34)25-18-20-26(21-19-25)36-24-41-22-6-5-17-37(41)40-36/h1-24H. The minimum Gasteiger partial charge on any atom is -0.306 e. The normalized spacial score (nSPS) is 11.9. The lowest BCUT2D eigenvalue weighted by Crippen LogP contribution is -1.89. The second-order valence-corrected chi connectivity index (χ2v) is 10.8. The van der Waals surface area contributed by atoms with Crippen LogP contribution in [0.4, 0.5) is 0 Å². The molecule has 41 heavy (non-hydrogen) atoms. The van der Waals surface area contributed by atoms with Crippen molar-refractivity contribution < 1.29 is 0 Å². The zero-order valence-corrected chi connectivity index (χ0v) is 22.3. The fourth-order valence-electron chi connectivity index (χ4n) is 6.74. The van der Waals surface area contributed by atoms with E-state index in [1.54, 1.807) is 0 Å². The van der Waals surface area contributed by atoms with Gasteiger partial charge in [-0.3, -0.25) is 0 Å². The molecular formula is C39H24N2. The van der Waals surface area contributed by atoms with Crippen molar-refractivity contribution >= 4 is 59.5 Å². The molecule has 0 N–H and O–H groups in total. The summed E-state index contributed by atoms with van der Waals surface area (Å²) < 4.78 is 2.07. The number of rotatable bonds is 2. The highest BCUT2D eigenvalue weighted by atomic mass is 15.0. The Morgan fingerprint density at radius 1 is 0.439 bits per heavy atom. The molecule has 2 nitrogen and oxygen atoms in total. The third-order valence-corrected chi connectivity index (χ3v) is 8.58. The van der Waals surface area contributed by atoms with Crippen LogP contribution in [0.2, 0.25) is 0 Å². The van der Waals surface area contributed by atoms with Crippen molar-refractivity contribution in [1.82, 2.24) is 9.38 Å². The third-order valence-electron chi connectivity index (χ3n) is 8.58. The molecule has 0 aliphatic rings. The number of pyridine rings is 1. The van der Waals surface area contributed by atoms with E-state index in [0.717, 1.165) is 16.9 Å². The van der Waals surface area contributed by atoms with E-state index < -0.39 is 0 Å². The summed E-state index contributed by atoms with van der Waals surface area (Å²) in [5.74, 6) is 0. The van der Waals surface area contributed by atoms with Crippen molar-refractivity contribution in [3.05, 3.63) is 146 Å². The number of aromatic nitrogens is 2. The summed E-state index contributed by atoms with van der Waals surface area (Å²) in [5.41, 5.74) is 5.51. The molecule has 0 spiro atoms. The fraction of sp³-hybridized carbons (Fsp3) is 0. The van der Waals surface area contributed by atoms with E-state index in [4.69, 9.17) is 4.98 Å². The fourth-order valence-corrected chi connectivity index (χ4v) is 6.74. The Kier molecular flexibility index (Phi) is 4.64. The summed E-state index contributed by atoms with van der Waals surface area (Å²) >= 11 is 0. The summed E-state index contributed by atoms with van der Waals surface area (Å²) in [4.78, 5) is 4.83. The van der Waals surface area contributed by atoms with Crippen LogP contribution in [0.3, 0.4) is 0 Å². The molecule has 9 rings (SSSR count). The van der Waals surface area contributed by atoms with E-state index in [-0.39, 0.29) is 0 Å². The molecule has 2 heteroatoms. The van der Waals surface area contributed by atoms with Crippen LogP contribution in [-0.4, -0.2) is 9.38 Å². The van der Waals surface area contributed by atoms with Crippen molar-refractivity contribution in [1.29, 1.82) is 0 Å². The number of hydrogen-bond acceptors (Lipinski definition) is 1. The first-order valence-electron chi connectivity index (χ1n) is 14.1. The van der Waals surface area contributed by atoms with Gasteiger partial charge in [0, 0.05) is 18.0 Å². The number of nitrogens with zero attached hydrogens (tertiary/aromatic N) is 2. The molecule has 9 aromatic rings. The van der Waals surface area contributed by atoms with Gasteiger partial charge in [-0.05, 0) is 83.2 Å². The predicted octanol–water partition coefficient (Wildman–Crippen LogP) is 10.4. The SMILES string of the molecule is c1ccc2c(c1)c1ccccc1c1cccc3c(-c4ccc(-c5cn6ccccc6n5)cc4)cc4cccc2c4c31. The zero-order chi connectivity index (χ0) is 26.9. The summed E-state index contributed by atoms with van der Waals surface area (Å²) in [6.45, 7) is 0. The highest BCUT2D eigenvalue weighted by Gasteiger charge is 2.15. The Hall–Kier alpha value is -5.47. The van der Waals surface area contributed by atoms with Gasteiger partial charge in [0.05, 0.1) is 5.69 Å². The molecule has 0 unspecified atom stereocenters. The molecule has 0 aliphatic heterocycles. The number of imidazole rings is 1. The van der Waals surface area contributed by atoms with E-state index in [1.165, 1.54) is 65.0 Å². The Balaban J connectivity index is 1.37. The number of fused-ring (bicyclic) bond motifs is 6. The first-order valence-corrected chi connectivity index (χ1v) is 14.1. The highest BCUT2D eigenvalue weighted by molar-refractivity contribution is 6.34. The minimum atomic E-state index is 0.957. The second-order valence-electron chi connectivity index (χ2n) is 10.8. The van der Waals surface area contributed by atoms with E-state index in [2.05, 4.69) is 126 Å². The number of benzene rings is 6. The monoisotopic (exact) mass is 520 g/mol. The quantitative estimate of drug-likeness (QED) is 0.207. The maximum atomic E-state index is 4.83. The first-order chi connectivity index (χ1) is 20.3. The lowest BCUT2D eigenvalue weighted by atomic mass is 9.87. The summed E-state index contributed by atoms with van der Waals surface area (Å²) in [6.07, 6.45) is 4.13. The van der Waals surface area contributed by atoms with Gasteiger partial charge in [-0.1, -0.05) is 115 Å². The minimum absolute atomic E-state index is 0.957. The molecule has 2 heterocycles. The van der Waals surface area contributed by atoms with Gasteiger partial charge in [-0.15, -0.1) is 0 Å². The van der Waals surface area contributed by atoms with Crippen molar-refractivity contribution in [3.63, 3.8) is 0 Å². The molecule has 2 aromatic heterocycles. The molecule has 0 fully saturated rings. The van der Waals surface area contributed by atoms with E-state index >= 15 is 0 Å². The molecule has 7 aromatic carbocycles. The van der Waals surface area contributed by atoms with Gasteiger partial charge in [0.15, 0.2) is 0 Å². The predicted molar refractivity (Wildman–Crippen MR) is 174 cm³/mol. The Labute approximate surface area is 236 Å². The van der Waals surface area contributed by atoms with Crippen molar-refractivity contribution in [2.75, 3.05) is 0 Å². The zero-order valence-electron chi connectivity index (χ0n) is 22.3. The molecule has 0 atom stereocenters. The lowest BCUT2D eigenvalue weighted by molar-refractivity contribution is 1.19. The van der Waals surface area contributed by atoms with E-state index in [0.29, 0.717) is 0 Å². The topological polar surface area (TPSA) is 17.3 Å². The summed E-state index contributed by atoms with van der Waals surface area (Å²) in [6, 6.07) is 48.6. The molecule has 0 saturated heterocycles. The maximum absolute atomic E-state index is 4.83. The van der Waals surface area contributed by atoms with Gasteiger partial charge >= 0.3 is 0 Å². The van der Waals surface area contributed by atoms with Gasteiger partial charge in [-0.25, -0.2) is 4.98 Å². The molecule has 0 aliphatic carbocycles. The largest absolute Gasteiger partial charge is 0.306 e. The smallest absolute Gasteiger partial charge is 0.137 e. The van der Waals surface area contributed by atoms with Crippen LogP contribution >= 0.6 is 0 Å². The number of hydrogen-bond donors (Lipinski definition) is 0. The second kappa shape index (κ2) is 8.51. The van der Waals surface area contributed by atoms with Gasteiger partial charge in [0.2, 0.25) is 0 Å². The third kappa shape index (κ3) is 3.28. The first kappa shape index (κ1) is 22.4. The lowest BCUT2D eigenvalue weighted by Gasteiger charge is -2.16. The molecular weight excluding hydrogens is 496 g/mol. The van der Waals surface area contributed by atoms with Crippen LogP contribution < -0.4 is 0 Å². The molecule has 0 bridgehead atoms. The average molecular weight is 521 g/mol. The highest BCUT2D eigenvalue weighted by Crippen LogP contribution is 2.43. The van der Waals surface area contributed by atoms with Gasteiger partial charge < -0.3 is 4.40 Å². The molecule has 190 valence electrons. The van der Waals surface area contributed by atoms with Crippen LogP contribution in [0.5, 0.6) is 0 Å². The average Bonchev–Trinajstić information content (AvgIpc) is 3.48. The van der Waals surface area contributed by atoms with E-state index in [9.17, 15) is 0 Å². The van der Waals surface area contributed by atoms with Crippen LogP contribution in [0.1, 0.15) is 0 Å². The van der Waals surface area contributed by atoms with Crippen molar-refractivity contribution in [2.45, 2.75) is 0 Å². The Morgan fingerprint density at radius 3 is 1.71 bits per heavy atom. The Morgan fingerprint density at radius 2 is 1.00 bits per heavy atom. The molecule has 0 radical (unpaired) electrons. The van der Waals surface area contributed by atoms with E-state index in [1.807, 2.05) is 24.4 Å². The van der Waals surface area contributed by atoms with Crippen LogP contribution in [0.15, 0.2) is 146 Å². The molecule has 0 saturated carbocycles. The Bertz CT molecular complexity index is 2430. The van der Waals surface area contributed by atoms with Crippen LogP contribution in [-0.2, 0) is 0 Å². The van der Waals surface area contributed by atoms with Crippen LogP contribution in [0.25, 0.3) is 81.9 Å². The maximum Gasteiger partial charge on any atom is 0.137 e. The van der Waals surface area contributed by atoms with Gasteiger partial charge in [-0.2, -0.15) is 0 Å². The summed E-state index contributed by atoms with van der Waals surface area (Å²) in [5, 5.41) is 12.9. The van der Waals surface area contributed by atoms with Crippen LogP contribution in [0, 0.1) is 0 Å². The molecule has 0 amide bonds. The van der Waals surface area contributed by atoms with Crippen molar-refractivity contribution in [3.8, 4) is 22.4 Å². The van der Waals surface area contributed by atoms with Crippen molar-refractivity contribution in [2.24, 2.45) is 0 Å².